The molecule has 0 aromatic rings. The minimum Gasteiger partial charge on any atom is -0.299 e. The second kappa shape index (κ2) is 2.37. The Labute approximate surface area is 62.8 Å². The second-order valence-corrected chi connectivity index (χ2v) is 4.25. The minimum absolute atomic E-state index is 0.281. The molecule has 0 aromatic heterocycles. The SMILES string of the molecule is C[C@@H]1CCC(C)(C)CC1=O. The third-order valence-corrected chi connectivity index (χ3v) is 2.46. The summed E-state index contributed by atoms with van der Waals surface area (Å²) >= 11 is 0. The lowest BCUT2D eigenvalue weighted by Crippen LogP contribution is -2.28. The van der Waals surface area contributed by atoms with Crippen LogP contribution in [0.25, 0.3) is 0 Å². The summed E-state index contributed by atoms with van der Waals surface area (Å²) < 4.78 is 0. The average Bonchev–Trinajstić information content (AvgIpc) is 1.79. The van der Waals surface area contributed by atoms with E-state index < -0.39 is 0 Å². The fourth-order valence-corrected chi connectivity index (χ4v) is 1.50. The lowest BCUT2D eigenvalue weighted by molar-refractivity contribution is -0.127. The summed E-state index contributed by atoms with van der Waals surface area (Å²) in [4.78, 5) is 11.2. The summed E-state index contributed by atoms with van der Waals surface area (Å²) in [6, 6.07) is 0. The van der Waals surface area contributed by atoms with Crippen LogP contribution < -0.4 is 0 Å². The number of hydrogen-bond donors (Lipinski definition) is 0. The van der Waals surface area contributed by atoms with E-state index in [2.05, 4.69) is 13.8 Å². The number of rotatable bonds is 0. The Morgan fingerprint density at radius 2 is 2.10 bits per heavy atom. The third kappa shape index (κ3) is 1.59. The van der Waals surface area contributed by atoms with E-state index in [1.165, 1.54) is 6.42 Å². The van der Waals surface area contributed by atoms with Crippen molar-refractivity contribution in [1.29, 1.82) is 0 Å². The van der Waals surface area contributed by atoms with E-state index in [0.717, 1.165) is 12.8 Å². The molecule has 0 radical (unpaired) electrons. The maximum atomic E-state index is 11.2. The highest BCUT2D eigenvalue weighted by Gasteiger charge is 2.30. The van der Waals surface area contributed by atoms with Crippen LogP contribution in [-0.4, -0.2) is 5.78 Å². The van der Waals surface area contributed by atoms with Crippen LogP contribution in [-0.2, 0) is 4.79 Å². The van der Waals surface area contributed by atoms with Gasteiger partial charge in [0.05, 0.1) is 0 Å². The number of Topliss-reactive ketones (excluding diaryl/α,β-unsaturated/α-hetero) is 1. The van der Waals surface area contributed by atoms with Crippen LogP contribution >= 0.6 is 0 Å². The molecular formula is C9H16O. The van der Waals surface area contributed by atoms with Crippen LogP contribution in [0.3, 0.4) is 0 Å². The number of carbonyl (C=O) groups excluding carboxylic acids is 1. The molecule has 0 spiro atoms. The molecule has 1 rings (SSSR count). The van der Waals surface area contributed by atoms with Gasteiger partial charge in [-0.1, -0.05) is 20.8 Å². The normalized spacial score (nSPS) is 32.3. The monoisotopic (exact) mass is 140 g/mol. The maximum absolute atomic E-state index is 11.2. The van der Waals surface area contributed by atoms with E-state index in [4.69, 9.17) is 0 Å². The molecule has 1 aliphatic rings. The predicted molar refractivity (Wildman–Crippen MR) is 41.8 cm³/mol. The highest BCUT2D eigenvalue weighted by Crippen LogP contribution is 2.35. The second-order valence-electron chi connectivity index (χ2n) is 4.25. The van der Waals surface area contributed by atoms with E-state index in [0.29, 0.717) is 11.7 Å². The first-order valence-corrected chi connectivity index (χ1v) is 4.04. The summed E-state index contributed by atoms with van der Waals surface area (Å²) in [6.45, 7) is 6.39. The van der Waals surface area contributed by atoms with E-state index in [-0.39, 0.29) is 5.41 Å². The van der Waals surface area contributed by atoms with Crippen LogP contribution in [0.4, 0.5) is 0 Å². The van der Waals surface area contributed by atoms with Crippen LogP contribution in [0.15, 0.2) is 0 Å². The molecule has 1 nitrogen and oxygen atoms in total. The van der Waals surface area contributed by atoms with Crippen molar-refractivity contribution >= 4 is 5.78 Å². The lowest BCUT2D eigenvalue weighted by atomic mass is 9.73. The van der Waals surface area contributed by atoms with Gasteiger partial charge in [-0.25, -0.2) is 0 Å². The Balaban J connectivity index is 2.57. The first kappa shape index (κ1) is 7.77. The molecule has 58 valence electrons. The topological polar surface area (TPSA) is 17.1 Å². The van der Waals surface area contributed by atoms with E-state index >= 15 is 0 Å². The van der Waals surface area contributed by atoms with Gasteiger partial charge in [0.25, 0.3) is 0 Å². The Hall–Kier alpha value is -0.330. The molecule has 0 bridgehead atoms. The predicted octanol–water partition coefficient (Wildman–Crippen LogP) is 2.40. The minimum atomic E-state index is 0.281. The van der Waals surface area contributed by atoms with Gasteiger partial charge in [-0.05, 0) is 18.3 Å². The van der Waals surface area contributed by atoms with Gasteiger partial charge in [0, 0.05) is 12.3 Å². The van der Waals surface area contributed by atoms with E-state index in [1.54, 1.807) is 0 Å². The van der Waals surface area contributed by atoms with E-state index in [1.807, 2.05) is 6.92 Å². The van der Waals surface area contributed by atoms with Crippen LogP contribution in [0.5, 0.6) is 0 Å². The third-order valence-electron chi connectivity index (χ3n) is 2.46. The Bertz CT molecular complexity index is 147. The van der Waals surface area contributed by atoms with Crippen molar-refractivity contribution in [3.63, 3.8) is 0 Å². The highest BCUT2D eigenvalue weighted by molar-refractivity contribution is 5.81. The molecule has 1 saturated carbocycles. The number of hydrogen-bond acceptors (Lipinski definition) is 1. The molecule has 0 heterocycles. The zero-order chi connectivity index (χ0) is 7.78. The van der Waals surface area contributed by atoms with E-state index in [9.17, 15) is 4.79 Å². The first-order valence-electron chi connectivity index (χ1n) is 4.04. The van der Waals surface area contributed by atoms with Crippen LogP contribution in [0.2, 0.25) is 0 Å². The summed E-state index contributed by atoms with van der Waals surface area (Å²) in [5.74, 6) is 0.782. The Morgan fingerprint density at radius 1 is 1.50 bits per heavy atom. The maximum Gasteiger partial charge on any atom is 0.136 e. The van der Waals surface area contributed by atoms with Crippen LogP contribution in [0, 0.1) is 11.3 Å². The number of ketones is 1. The lowest BCUT2D eigenvalue weighted by Gasteiger charge is -2.31. The number of carbonyl (C=O) groups is 1. The Kier molecular flexibility index (Phi) is 1.84. The Morgan fingerprint density at radius 3 is 2.50 bits per heavy atom. The molecule has 1 heteroatoms. The quantitative estimate of drug-likeness (QED) is 0.505. The molecule has 0 saturated heterocycles. The van der Waals surface area contributed by atoms with Gasteiger partial charge < -0.3 is 0 Å². The highest BCUT2D eigenvalue weighted by atomic mass is 16.1. The molecule has 0 N–H and O–H groups in total. The molecular weight excluding hydrogens is 124 g/mol. The molecule has 0 amide bonds. The van der Waals surface area contributed by atoms with Crippen molar-refractivity contribution in [2.24, 2.45) is 11.3 Å². The average molecular weight is 140 g/mol. The molecule has 0 aromatic carbocycles. The zero-order valence-corrected chi connectivity index (χ0v) is 7.11. The van der Waals surface area contributed by atoms with Crippen molar-refractivity contribution in [2.75, 3.05) is 0 Å². The van der Waals surface area contributed by atoms with Gasteiger partial charge in [-0.3, -0.25) is 4.79 Å². The molecule has 0 unspecified atom stereocenters. The fourth-order valence-electron chi connectivity index (χ4n) is 1.50. The van der Waals surface area contributed by atoms with Crippen molar-refractivity contribution < 1.29 is 4.79 Å². The van der Waals surface area contributed by atoms with Gasteiger partial charge in [0.15, 0.2) is 0 Å². The van der Waals surface area contributed by atoms with Crippen molar-refractivity contribution in [2.45, 2.75) is 40.0 Å². The standard InChI is InChI=1S/C9H16O/c1-7-4-5-9(2,3)6-8(7)10/h7H,4-6H2,1-3H3/t7-/m1/s1. The first-order chi connectivity index (χ1) is 4.51. The van der Waals surface area contributed by atoms with Gasteiger partial charge >= 0.3 is 0 Å². The molecule has 1 aliphatic carbocycles. The van der Waals surface area contributed by atoms with Gasteiger partial charge in [-0.15, -0.1) is 0 Å². The summed E-state index contributed by atoms with van der Waals surface area (Å²) in [5.41, 5.74) is 0.281. The molecule has 0 aliphatic heterocycles. The molecule has 10 heavy (non-hydrogen) atoms. The smallest absolute Gasteiger partial charge is 0.136 e. The largest absolute Gasteiger partial charge is 0.299 e. The van der Waals surface area contributed by atoms with Crippen molar-refractivity contribution in [3.05, 3.63) is 0 Å². The zero-order valence-electron chi connectivity index (χ0n) is 7.11. The van der Waals surface area contributed by atoms with Gasteiger partial charge in [0.2, 0.25) is 0 Å². The van der Waals surface area contributed by atoms with Crippen LogP contribution in [0.1, 0.15) is 40.0 Å². The summed E-state index contributed by atoms with van der Waals surface area (Å²) in [6.07, 6.45) is 3.08. The van der Waals surface area contributed by atoms with Crippen molar-refractivity contribution in [1.82, 2.24) is 0 Å². The molecule has 1 fully saturated rings. The summed E-state index contributed by atoms with van der Waals surface area (Å²) in [7, 11) is 0. The van der Waals surface area contributed by atoms with Gasteiger partial charge in [0.1, 0.15) is 5.78 Å². The molecule has 1 atom stereocenters. The van der Waals surface area contributed by atoms with Gasteiger partial charge in [-0.2, -0.15) is 0 Å². The van der Waals surface area contributed by atoms with Crippen molar-refractivity contribution in [3.8, 4) is 0 Å². The summed E-state index contributed by atoms with van der Waals surface area (Å²) in [5, 5.41) is 0. The fraction of sp³-hybridized carbons (Fsp3) is 0.889.